The van der Waals surface area contributed by atoms with Gasteiger partial charge in [0.15, 0.2) is 0 Å². The Morgan fingerprint density at radius 3 is 2.50 bits per heavy atom. The van der Waals surface area contributed by atoms with Crippen LogP contribution in [0.15, 0.2) is 38.6 Å². The normalized spacial score (nSPS) is 12.8. The molecule has 84 valence electrons. The van der Waals surface area contributed by atoms with E-state index in [2.05, 4.69) is 31.9 Å². The Morgan fingerprint density at radius 1 is 1.19 bits per heavy atom. The van der Waals surface area contributed by atoms with Crippen molar-refractivity contribution in [3.05, 3.63) is 54.8 Å². The largest absolute Gasteiger partial charge is 0.383 e. The van der Waals surface area contributed by atoms with Crippen molar-refractivity contribution in [2.45, 2.75) is 6.10 Å². The summed E-state index contributed by atoms with van der Waals surface area (Å²) >= 11 is 7.85. The molecule has 2 rings (SSSR count). The number of aliphatic hydroxyl groups is 1. The summed E-state index contributed by atoms with van der Waals surface area (Å²) in [7, 11) is 0. The topological polar surface area (TPSA) is 20.2 Å². The van der Waals surface area contributed by atoms with Gasteiger partial charge < -0.3 is 5.11 Å². The first-order valence-electron chi connectivity index (χ1n) is 4.45. The van der Waals surface area contributed by atoms with E-state index >= 15 is 0 Å². The van der Waals surface area contributed by atoms with Crippen molar-refractivity contribution >= 4 is 43.2 Å². The summed E-state index contributed by atoms with van der Waals surface area (Å²) in [6.45, 7) is 0. The fourth-order valence-electron chi connectivity index (χ4n) is 1.33. The van der Waals surface area contributed by atoms with Gasteiger partial charge in [0.2, 0.25) is 0 Å². The van der Waals surface area contributed by atoms with E-state index in [0.29, 0.717) is 10.0 Å². The predicted octanol–water partition coefficient (Wildman–Crippen LogP) is 4.49. The lowest BCUT2D eigenvalue weighted by molar-refractivity contribution is 0.223. The summed E-state index contributed by atoms with van der Waals surface area (Å²) in [6, 6.07) is 6.48. The van der Waals surface area contributed by atoms with Crippen LogP contribution >= 0.6 is 43.2 Å². The van der Waals surface area contributed by atoms with Gasteiger partial charge in [-0.05, 0) is 61.0 Å². The van der Waals surface area contributed by atoms with Crippen molar-refractivity contribution in [1.82, 2.24) is 0 Å². The average Bonchev–Trinajstić information content (AvgIpc) is 2.67. The number of benzene rings is 1. The number of aliphatic hydroxyl groups excluding tert-OH is 1. The lowest BCUT2D eigenvalue weighted by Crippen LogP contribution is -1.98. The van der Waals surface area contributed by atoms with E-state index in [9.17, 15) is 9.50 Å². The van der Waals surface area contributed by atoms with Crippen LogP contribution in [0.2, 0.25) is 0 Å². The smallest absolute Gasteiger partial charge is 0.137 e. The van der Waals surface area contributed by atoms with E-state index in [1.54, 1.807) is 12.1 Å². The molecule has 2 aromatic rings. The first-order chi connectivity index (χ1) is 7.59. The molecule has 1 N–H and O–H groups in total. The van der Waals surface area contributed by atoms with Gasteiger partial charge in [0.05, 0.1) is 9.35 Å². The molecule has 0 aliphatic carbocycles. The van der Waals surface area contributed by atoms with E-state index in [0.717, 1.165) is 9.35 Å². The van der Waals surface area contributed by atoms with Gasteiger partial charge in [-0.15, -0.1) is 11.3 Å². The molecule has 1 aromatic heterocycles. The maximum atomic E-state index is 13.3. The van der Waals surface area contributed by atoms with Crippen molar-refractivity contribution in [2.75, 3.05) is 0 Å². The maximum absolute atomic E-state index is 13.3. The maximum Gasteiger partial charge on any atom is 0.137 e. The monoisotopic (exact) mass is 364 g/mol. The van der Waals surface area contributed by atoms with Gasteiger partial charge in [-0.1, -0.05) is 6.07 Å². The van der Waals surface area contributed by atoms with Crippen LogP contribution in [0.5, 0.6) is 0 Å². The van der Waals surface area contributed by atoms with Gasteiger partial charge in [-0.25, -0.2) is 4.39 Å². The van der Waals surface area contributed by atoms with Gasteiger partial charge in [0.1, 0.15) is 11.9 Å². The third kappa shape index (κ3) is 2.37. The highest BCUT2D eigenvalue weighted by atomic mass is 79.9. The minimum Gasteiger partial charge on any atom is -0.383 e. The standard InChI is InChI=1S/C11H7Br2FOS/c12-7-2-1-6(5-9(7)14)10(15)11-8(13)3-4-16-11/h1-5,10,15H. The van der Waals surface area contributed by atoms with E-state index in [1.165, 1.54) is 17.4 Å². The lowest BCUT2D eigenvalue weighted by atomic mass is 10.1. The first kappa shape index (κ1) is 12.2. The molecule has 1 atom stereocenters. The fraction of sp³-hybridized carbons (Fsp3) is 0.0909. The van der Waals surface area contributed by atoms with Crippen LogP contribution in [0, 0.1) is 5.82 Å². The fourth-order valence-corrected chi connectivity index (χ4v) is 3.18. The van der Waals surface area contributed by atoms with Crippen LogP contribution in [0.3, 0.4) is 0 Å². The summed E-state index contributed by atoms with van der Waals surface area (Å²) in [5, 5.41) is 11.9. The summed E-state index contributed by atoms with van der Waals surface area (Å²) in [4.78, 5) is 0.779. The number of thiophene rings is 1. The Labute approximate surface area is 113 Å². The van der Waals surface area contributed by atoms with Crippen molar-refractivity contribution in [3.8, 4) is 0 Å². The van der Waals surface area contributed by atoms with E-state index in [-0.39, 0.29) is 5.82 Å². The van der Waals surface area contributed by atoms with Crippen LogP contribution in [0.1, 0.15) is 16.5 Å². The molecular weight excluding hydrogens is 359 g/mol. The second kappa shape index (κ2) is 4.96. The number of hydrogen-bond acceptors (Lipinski definition) is 2. The Balaban J connectivity index is 2.38. The summed E-state index contributed by atoms with van der Waals surface area (Å²) in [6.07, 6.45) is -0.794. The van der Waals surface area contributed by atoms with Crippen molar-refractivity contribution < 1.29 is 9.50 Å². The molecule has 0 bridgehead atoms. The van der Waals surface area contributed by atoms with Gasteiger partial charge >= 0.3 is 0 Å². The Bertz CT molecular complexity index is 512. The van der Waals surface area contributed by atoms with E-state index < -0.39 is 6.10 Å². The molecule has 5 heteroatoms. The minimum absolute atomic E-state index is 0.371. The lowest BCUT2D eigenvalue weighted by Gasteiger charge is -2.10. The summed E-state index contributed by atoms with van der Waals surface area (Å²) in [5.41, 5.74) is 0.545. The molecule has 0 amide bonds. The van der Waals surface area contributed by atoms with Crippen LogP contribution < -0.4 is 0 Å². The summed E-state index contributed by atoms with van der Waals surface area (Å²) in [5.74, 6) is -0.371. The van der Waals surface area contributed by atoms with Gasteiger partial charge in [-0.2, -0.15) is 0 Å². The van der Waals surface area contributed by atoms with E-state index in [1.807, 2.05) is 11.4 Å². The molecule has 0 spiro atoms. The number of halogens is 3. The molecule has 1 nitrogen and oxygen atoms in total. The Morgan fingerprint density at radius 2 is 1.94 bits per heavy atom. The zero-order chi connectivity index (χ0) is 11.7. The zero-order valence-electron chi connectivity index (χ0n) is 7.95. The number of hydrogen-bond donors (Lipinski definition) is 1. The predicted molar refractivity (Wildman–Crippen MR) is 70.2 cm³/mol. The van der Waals surface area contributed by atoms with Crippen molar-refractivity contribution in [3.63, 3.8) is 0 Å². The third-order valence-corrected chi connectivity index (χ3v) is 4.72. The molecule has 16 heavy (non-hydrogen) atoms. The molecule has 0 saturated carbocycles. The molecule has 0 aliphatic rings. The van der Waals surface area contributed by atoms with Gasteiger partial charge in [0.25, 0.3) is 0 Å². The second-order valence-electron chi connectivity index (χ2n) is 3.21. The molecule has 1 unspecified atom stereocenters. The van der Waals surface area contributed by atoms with Crippen molar-refractivity contribution in [2.24, 2.45) is 0 Å². The highest BCUT2D eigenvalue weighted by Gasteiger charge is 2.16. The molecule has 1 aromatic carbocycles. The Kier molecular flexibility index (Phi) is 3.79. The summed E-state index contributed by atoms with van der Waals surface area (Å²) < 4.78 is 14.6. The van der Waals surface area contributed by atoms with Gasteiger partial charge in [-0.3, -0.25) is 0 Å². The highest BCUT2D eigenvalue weighted by Crippen LogP contribution is 2.33. The molecule has 0 radical (unpaired) electrons. The molecular formula is C11H7Br2FOS. The van der Waals surface area contributed by atoms with E-state index in [4.69, 9.17) is 0 Å². The zero-order valence-corrected chi connectivity index (χ0v) is 11.9. The van der Waals surface area contributed by atoms with Crippen LogP contribution in [0.25, 0.3) is 0 Å². The molecule has 0 aliphatic heterocycles. The van der Waals surface area contributed by atoms with Crippen LogP contribution in [-0.2, 0) is 0 Å². The van der Waals surface area contributed by atoms with Crippen molar-refractivity contribution in [1.29, 1.82) is 0 Å². The molecule has 1 heterocycles. The highest BCUT2D eigenvalue weighted by molar-refractivity contribution is 9.10. The Hall–Kier alpha value is -0.230. The average molecular weight is 366 g/mol. The van der Waals surface area contributed by atoms with Gasteiger partial charge in [0, 0.05) is 4.47 Å². The second-order valence-corrected chi connectivity index (χ2v) is 5.87. The quantitative estimate of drug-likeness (QED) is 0.831. The SMILES string of the molecule is OC(c1ccc(Br)c(F)c1)c1sccc1Br. The third-order valence-electron chi connectivity index (χ3n) is 2.15. The molecule has 0 saturated heterocycles. The number of rotatable bonds is 2. The van der Waals surface area contributed by atoms with Crippen LogP contribution in [0.4, 0.5) is 4.39 Å². The van der Waals surface area contributed by atoms with Crippen LogP contribution in [-0.4, -0.2) is 5.11 Å². The molecule has 0 fully saturated rings. The first-order valence-corrected chi connectivity index (χ1v) is 6.92. The minimum atomic E-state index is -0.794.